The van der Waals surface area contributed by atoms with Gasteiger partial charge in [0.05, 0.1) is 17.0 Å². The number of amides is 1. The van der Waals surface area contributed by atoms with Crippen molar-refractivity contribution in [3.8, 4) is 0 Å². The largest absolute Gasteiger partial charge is 0.371 e. The number of hydrogen-bond acceptors (Lipinski definition) is 3. The van der Waals surface area contributed by atoms with Gasteiger partial charge in [-0.1, -0.05) is 36.4 Å². The molecule has 4 heteroatoms. The Morgan fingerprint density at radius 3 is 2.44 bits per heavy atom. The molecule has 4 nitrogen and oxygen atoms in total. The smallest absolute Gasteiger partial charge is 0.280 e. The van der Waals surface area contributed by atoms with E-state index in [2.05, 4.69) is 16.6 Å². The Morgan fingerprint density at radius 2 is 1.80 bits per heavy atom. The predicted molar refractivity (Wildman–Crippen MR) is 105 cm³/mol. The summed E-state index contributed by atoms with van der Waals surface area (Å²) in [5.41, 5.74) is 4.20. The Labute approximate surface area is 148 Å². The average molecular weight is 331 g/mol. The van der Waals surface area contributed by atoms with E-state index in [4.69, 9.17) is 0 Å². The zero-order valence-corrected chi connectivity index (χ0v) is 14.5. The van der Waals surface area contributed by atoms with Crippen molar-refractivity contribution in [1.29, 1.82) is 0 Å². The SMILES string of the molecule is C=CCN(C)c1ccc(C=C2C(=O)N(c3ccccc3)N=C2C)cc1. The van der Waals surface area contributed by atoms with E-state index in [-0.39, 0.29) is 5.91 Å². The van der Waals surface area contributed by atoms with Crippen molar-refractivity contribution in [1.82, 2.24) is 0 Å². The first-order valence-electron chi connectivity index (χ1n) is 8.19. The normalized spacial score (nSPS) is 15.4. The van der Waals surface area contributed by atoms with E-state index in [1.54, 1.807) is 0 Å². The van der Waals surface area contributed by atoms with Crippen LogP contribution in [0.2, 0.25) is 0 Å². The van der Waals surface area contributed by atoms with Crippen LogP contribution in [0.4, 0.5) is 11.4 Å². The molecule has 0 spiro atoms. The van der Waals surface area contributed by atoms with Crippen LogP contribution in [0.3, 0.4) is 0 Å². The van der Waals surface area contributed by atoms with Gasteiger partial charge in [0.25, 0.3) is 5.91 Å². The van der Waals surface area contributed by atoms with Crippen LogP contribution in [-0.4, -0.2) is 25.2 Å². The maximum atomic E-state index is 12.7. The maximum Gasteiger partial charge on any atom is 0.280 e. The standard InChI is InChI=1S/C21H21N3O/c1-4-14-23(3)18-12-10-17(11-13-18)15-20-16(2)22-24(21(20)25)19-8-6-5-7-9-19/h4-13,15H,1,14H2,2-3H3. The molecule has 3 rings (SSSR count). The Morgan fingerprint density at radius 1 is 1.12 bits per heavy atom. The summed E-state index contributed by atoms with van der Waals surface area (Å²) >= 11 is 0. The van der Waals surface area contributed by atoms with Crippen LogP contribution in [0.15, 0.2) is 77.9 Å². The second-order valence-corrected chi connectivity index (χ2v) is 5.96. The highest BCUT2D eigenvalue weighted by molar-refractivity contribution is 6.32. The monoisotopic (exact) mass is 331 g/mol. The van der Waals surface area contributed by atoms with E-state index >= 15 is 0 Å². The van der Waals surface area contributed by atoms with E-state index in [1.807, 2.05) is 80.7 Å². The molecular weight excluding hydrogens is 310 g/mol. The number of benzene rings is 2. The van der Waals surface area contributed by atoms with Gasteiger partial charge in [0, 0.05) is 19.3 Å². The molecule has 2 aromatic carbocycles. The van der Waals surface area contributed by atoms with Gasteiger partial charge >= 0.3 is 0 Å². The lowest BCUT2D eigenvalue weighted by molar-refractivity contribution is -0.114. The minimum absolute atomic E-state index is 0.100. The van der Waals surface area contributed by atoms with Crippen LogP contribution in [0, 0.1) is 0 Å². The summed E-state index contributed by atoms with van der Waals surface area (Å²) in [5, 5.41) is 5.85. The van der Waals surface area contributed by atoms with Gasteiger partial charge in [0.15, 0.2) is 0 Å². The van der Waals surface area contributed by atoms with Crippen LogP contribution < -0.4 is 9.91 Å². The van der Waals surface area contributed by atoms with E-state index in [0.717, 1.165) is 29.2 Å². The van der Waals surface area contributed by atoms with Crippen LogP contribution in [-0.2, 0) is 4.79 Å². The fraction of sp³-hybridized carbons (Fsp3) is 0.143. The van der Waals surface area contributed by atoms with Gasteiger partial charge < -0.3 is 4.90 Å². The molecule has 0 aromatic heterocycles. The van der Waals surface area contributed by atoms with Crippen molar-refractivity contribution in [3.05, 3.63) is 78.4 Å². The molecule has 0 saturated carbocycles. The van der Waals surface area contributed by atoms with Gasteiger partial charge in [-0.05, 0) is 42.8 Å². The lowest BCUT2D eigenvalue weighted by Crippen LogP contribution is -2.21. The lowest BCUT2D eigenvalue weighted by atomic mass is 10.1. The molecule has 25 heavy (non-hydrogen) atoms. The molecule has 1 aliphatic rings. The van der Waals surface area contributed by atoms with Crippen LogP contribution in [0.5, 0.6) is 0 Å². The summed E-state index contributed by atoms with van der Waals surface area (Å²) in [6.45, 7) is 6.40. The first-order valence-corrected chi connectivity index (χ1v) is 8.19. The number of rotatable bonds is 5. The van der Waals surface area contributed by atoms with Crippen molar-refractivity contribution in [2.24, 2.45) is 5.10 Å². The molecule has 0 saturated heterocycles. The number of carbonyl (C=O) groups is 1. The number of nitrogens with zero attached hydrogens (tertiary/aromatic N) is 3. The molecule has 2 aromatic rings. The second-order valence-electron chi connectivity index (χ2n) is 5.96. The van der Waals surface area contributed by atoms with Crippen molar-refractivity contribution < 1.29 is 4.79 Å². The summed E-state index contributed by atoms with van der Waals surface area (Å²) in [7, 11) is 2.02. The third-order valence-electron chi connectivity index (χ3n) is 4.11. The highest BCUT2D eigenvalue weighted by Gasteiger charge is 2.28. The molecule has 0 N–H and O–H groups in total. The minimum atomic E-state index is -0.100. The number of anilines is 2. The zero-order chi connectivity index (χ0) is 17.8. The van der Waals surface area contributed by atoms with Crippen molar-refractivity contribution >= 4 is 29.1 Å². The maximum absolute atomic E-state index is 12.7. The molecule has 0 fully saturated rings. The number of hydrogen-bond donors (Lipinski definition) is 0. The molecular formula is C21H21N3O. The predicted octanol–water partition coefficient (Wildman–Crippen LogP) is 4.11. The number of para-hydroxylation sites is 1. The molecule has 0 atom stereocenters. The fourth-order valence-electron chi connectivity index (χ4n) is 2.72. The van der Waals surface area contributed by atoms with E-state index in [9.17, 15) is 4.79 Å². The van der Waals surface area contributed by atoms with Crippen molar-refractivity contribution in [3.63, 3.8) is 0 Å². The second kappa shape index (κ2) is 7.18. The highest BCUT2D eigenvalue weighted by Crippen LogP contribution is 2.25. The Bertz CT molecular complexity index is 835. The van der Waals surface area contributed by atoms with Gasteiger partial charge in [-0.2, -0.15) is 10.1 Å². The molecule has 0 radical (unpaired) electrons. The topological polar surface area (TPSA) is 35.9 Å². The van der Waals surface area contributed by atoms with E-state index < -0.39 is 0 Å². The minimum Gasteiger partial charge on any atom is -0.371 e. The quantitative estimate of drug-likeness (QED) is 0.610. The summed E-state index contributed by atoms with van der Waals surface area (Å²) in [4.78, 5) is 14.8. The molecule has 1 aliphatic heterocycles. The average Bonchev–Trinajstić information content (AvgIpc) is 2.91. The third-order valence-corrected chi connectivity index (χ3v) is 4.11. The van der Waals surface area contributed by atoms with Gasteiger partial charge in [0.2, 0.25) is 0 Å². The van der Waals surface area contributed by atoms with E-state index in [1.165, 1.54) is 5.01 Å². The molecule has 1 amide bonds. The summed E-state index contributed by atoms with van der Waals surface area (Å²) in [6.07, 6.45) is 3.76. The van der Waals surface area contributed by atoms with Gasteiger partial charge in [-0.15, -0.1) is 6.58 Å². The number of likely N-dealkylation sites (N-methyl/N-ethyl adjacent to an activating group) is 1. The van der Waals surface area contributed by atoms with E-state index in [0.29, 0.717) is 5.57 Å². The fourth-order valence-corrected chi connectivity index (χ4v) is 2.72. The number of carbonyl (C=O) groups excluding carboxylic acids is 1. The summed E-state index contributed by atoms with van der Waals surface area (Å²) in [5.74, 6) is -0.100. The number of hydrazone groups is 1. The molecule has 0 aliphatic carbocycles. The molecule has 1 heterocycles. The van der Waals surface area contributed by atoms with Crippen molar-refractivity contribution in [2.45, 2.75) is 6.92 Å². The molecule has 0 unspecified atom stereocenters. The summed E-state index contributed by atoms with van der Waals surface area (Å²) < 4.78 is 0. The zero-order valence-electron chi connectivity index (χ0n) is 14.5. The first-order chi connectivity index (χ1) is 12.1. The highest BCUT2D eigenvalue weighted by atomic mass is 16.2. The van der Waals surface area contributed by atoms with Gasteiger partial charge in [-0.25, -0.2) is 0 Å². The third kappa shape index (κ3) is 3.53. The van der Waals surface area contributed by atoms with Gasteiger partial charge in [-0.3, -0.25) is 4.79 Å². The Hall–Kier alpha value is -3.14. The molecule has 0 bridgehead atoms. The van der Waals surface area contributed by atoms with Crippen LogP contribution >= 0.6 is 0 Å². The lowest BCUT2D eigenvalue weighted by Gasteiger charge is -2.17. The van der Waals surface area contributed by atoms with Crippen LogP contribution in [0.25, 0.3) is 6.08 Å². The Kier molecular flexibility index (Phi) is 4.80. The Balaban J connectivity index is 1.83. The van der Waals surface area contributed by atoms with Gasteiger partial charge in [0.1, 0.15) is 0 Å². The first kappa shape index (κ1) is 16.7. The van der Waals surface area contributed by atoms with Crippen molar-refractivity contribution in [2.75, 3.05) is 23.5 Å². The molecule has 126 valence electrons. The summed E-state index contributed by atoms with van der Waals surface area (Å²) in [6, 6.07) is 17.6. The van der Waals surface area contributed by atoms with Crippen LogP contribution in [0.1, 0.15) is 12.5 Å².